The number of carbonyl (C=O) groups excluding carboxylic acids is 1. The standard InChI is InChI=1S/C12H19N5O3.ClH/c13-6-9-2-1-3-11(9)15-12(18)4-5-16-8-10(7-14-16)17(19)20;/h7-9,11H,1-6,13H2,(H,15,18);1H. The molecule has 21 heavy (non-hydrogen) atoms. The molecule has 1 aliphatic rings. The fourth-order valence-corrected chi connectivity index (χ4v) is 2.57. The number of nitrogens with one attached hydrogen (secondary N) is 1. The van der Waals surface area contributed by atoms with Crippen LogP contribution in [0.3, 0.4) is 0 Å². The molecule has 1 aromatic heterocycles. The lowest BCUT2D eigenvalue weighted by Gasteiger charge is -2.19. The van der Waals surface area contributed by atoms with Gasteiger partial charge in [0, 0.05) is 19.0 Å². The highest BCUT2D eigenvalue weighted by Crippen LogP contribution is 2.24. The number of aromatic nitrogens is 2. The van der Waals surface area contributed by atoms with Crippen molar-refractivity contribution in [2.75, 3.05) is 6.54 Å². The van der Waals surface area contributed by atoms with E-state index in [-0.39, 0.29) is 36.5 Å². The summed E-state index contributed by atoms with van der Waals surface area (Å²) in [6.07, 6.45) is 5.89. The van der Waals surface area contributed by atoms with Crippen molar-refractivity contribution in [1.82, 2.24) is 15.1 Å². The van der Waals surface area contributed by atoms with Crippen molar-refractivity contribution in [2.45, 2.75) is 38.3 Å². The molecule has 0 spiro atoms. The fourth-order valence-electron chi connectivity index (χ4n) is 2.57. The minimum atomic E-state index is -0.506. The molecule has 1 heterocycles. The van der Waals surface area contributed by atoms with Crippen LogP contribution in [0.2, 0.25) is 0 Å². The van der Waals surface area contributed by atoms with Crippen molar-refractivity contribution in [3.8, 4) is 0 Å². The summed E-state index contributed by atoms with van der Waals surface area (Å²) < 4.78 is 1.41. The Morgan fingerprint density at radius 2 is 2.33 bits per heavy atom. The van der Waals surface area contributed by atoms with E-state index in [4.69, 9.17) is 5.73 Å². The highest BCUT2D eigenvalue weighted by Gasteiger charge is 2.27. The van der Waals surface area contributed by atoms with Crippen LogP contribution in [0.15, 0.2) is 12.4 Å². The summed E-state index contributed by atoms with van der Waals surface area (Å²) in [6.45, 7) is 0.927. The van der Waals surface area contributed by atoms with Crippen molar-refractivity contribution >= 4 is 24.0 Å². The normalized spacial score (nSPS) is 20.8. The van der Waals surface area contributed by atoms with E-state index in [1.807, 2.05) is 0 Å². The average Bonchev–Trinajstić information content (AvgIpc) is 3.04. The van der Waals surface area contributed by atoms with Crippen LogP contribution in [0.1, 0.15) is 25.7 Å². The monoisotopic (exact) mass is 317 g/mol. The molecule has 0 bridgehead atoms. The van der Waals surface area contributed by atoms with Gasteiger partial charge < -0.3 is 11.1 Å². The van der Waals surface area contributed by atoms with Gasteiger partial charge in [0.1, 0.15) is 12.4 Å². The fraction of sp³-hybridized carbons (Fsp3) is 0.667. The van der Waals surface area contributed by atoms with Gasteiger partial charge in [-0.05, 0) is 25.3 Å². The van der Waals surface area contributed by atoms with E-state index >= 15 is 0 Å². The maximum atomic E-state index is 11.8. The molecular formula is C12H20ClN5O3. The molecule has 1 aliphatic carbocycles. The highest BCUT2D eigenvalue weighted by molar-refractivity contribution is 5.85. The van der Waals surface area contributed by atoms with Gasteiger partial charge in [-0.2, -0.15) is 5.10 Å². The summed E-state index contributed by atoms with van der Waals surface area (Å²) in [4.78, 5) is 21.9. The first-order valence-corrected chi connectivity index (χ1v) is 6.76. The van der Waals surface area contributed by atoms with Gasteiger partial charge in [-0.15, -0.1) is 12.4 Å². The van der Waals surface area contributed by atoms with E-state index < -0.39 is 4.92 Å². The molecule has 0 aliphatic heterocycles. The molecule has 8 nitrogen and oxygen atoms in total. The number of nitro groups is 1. The van der Waals surface area contributed by atoms with E-state index in [0.717, 1.165) is 19.3 Å². The van der Waals surface area contributed by atoms with E-state index in [1.165, 1.54) is 17.1 Å². The van der Waals surface area contributed by atoms with Crippen molar-refractivity contribution in [3.63, 3.8) is 0 Å². The summed E-state index contributed by atoms with van der Waals surface area (Å²) in [5.41, 5.74) is 5.60. The zero-order chi connectivity index (χ0) is 14.5. The summed E-state index contributed by atoms with van der Waals surface area (Å²) >= 11 is 0. The van der Waals surface area contributed by atoms with Gasteiger partial charge in [-0.25, -0.2) is 0 Å². The quantitative estimate of drug-likeness (QED) is 0.596. The largest absolute Gasteiger partial charge is 0.353 e. The molecule has 1 saturated carbocycles. The van der Waals surface area contributed by atoms with Gasteiger partial charge >= 0.3 is 5.69 Å². The second-order valence-electron chi connectivity index (χ2n) is 5.07. The van der Waals surface area contributed by atoms with Crippen molar-refractivity contribution in [3.05, 3.63) is 22.5 Å². The van der Waals surface area contributed by atoms with Crippen LogP contribution in [0, 0.1) is 16.0 Å². The van der Waals surface area contributed by atoms with Crippen LogP contribution in [0.4, 0.5) is 5.69 Å². The van der Waals surface area contributed by atoms with E-state index in [1.54, 1.807) is 0 Å². The van der Waals surface area contributed by atoms with Gasteiger partial charge in [0.15, 0.2) is 0 Å². The number of nitrogens with zero attached hydrogens (tertiary/aromatic N) is 3. The molecule has 1 fully saturated rings. The Labute approximate surface area is 128 Å². The summed E-state index contributed by atoms with van der Waals surface area (Å²) in [6, 6.07) is 0.166. The third-order valence-corrected chi connectivity index (χ3v) is 3.71. The molecule has 2 atom stereocenters. The second-order valence-corrected chi connectivity index (χ2v) is 5.07. The Morgan fingerprint density at radius 3 is 2.95 bits per heavy atom. The number of nitrogens with two attached hydrogens (primary N) is 1. The second kappa shape index (κ2) is 7.94. The first kappa shape index (κ1) is 17.4. The topological polar surface area (TPSA) is 116 Å². The van der Waals surface area contributed by atoms with Crippen LogP contribution >= 0.6 is 12.4 Å². The first-order valence-electron chi connectivity index (χ1n) is 6.76. The third-order valence-electron chi connectivity index (χ3n) is 3.71. The summed E-state index contributed by atoms with van der Waals surface area (Å²) in [5.74, 6) is 0.304. The SMILES string of the molecule is Cl.NCC1CCCC1NC(=O)CCn1cc([N+](=O)[O-])cn1. The van der Waals surface area contributed by atoms with Crippen molar-refractivity contribution < 1.29 is 9.72 Å². The molecule has 0 aromatic carbocycles. The predicted molar refractivity (Wildman–Crippen MR) is 79.1 cm³/mol. The van der Waals surface area contributed by atoms with E-state index in [2.05, 4.69) is 10.4 Å². The molecular weight excluding hydrogens is 298 g/mol. The van der Waals surface area contributed by atoms with Crippen LogP contribution < -0.4 is 11.1 Å². The van der Waals surface area contributed by atoms with Crippen LogP contribution in [-0.2, 0) is 11.3 Å². The smallest absolute Gasteiger partial charge is 0.306 e. The van der Waals surface area contributed by atoms with E-state index in [0.29, 0.717) is 19.0 Å². The minimum Gasteiger partial charge on any atom is -0.353 e. The Bertz CT molecular complexity index is 493. The number of hydrogen-bond donors (Lipinski definition) is 2. The Balaban J connectivity index is 0.00000220. The molecule has 1 aromatic rings. The van der Waals surface area contributed by atoms with Gasteiger partial charge in [0.05, 0.1) is 4.92 Å². The molecule has 0 radical (unpaired) electrons. The molecule has 3 N–H and O–H groups in total. The number of aryl methyl sites for hydroxylation is 1. The number of carbonyl (C=O) groups is 1. The first-order chi connectivity index (χ1) is 9.60. The third kappa shape index (κ3) is 4.68. The minimum absolute atomic E-state index is 0. The number of rotatable bonds is 6. The Hall–Kier alpha value is -1.67. The lowest BCUT2D eigenvalue weighted by molar-refractivity contribution is -0.385. The molecule has 118 valence electrons. The zero-order valence-corrected chi connectivity index (χ0v) is 12.4. The number of halogens is 1. The van der Waals surface area contributed by atoms with Gasteiger partial charge in [0.2, 0.25) is 5.91 Å². The zero-order valence-electron chi connectivity index (χ0n) is 11.6. The summed E-state index contributed by atoms with van der Waals surface area (Å²) in [7, 11) is 0. The Kier molecular flexibility index (Phi) is 6.57. The maximum absolute atomic E-state index is 11.8. The van der Waals surface area contributed by atoms with Crippen molar-refractivity contribution in [2.24, 2.45) is 11.7 Å². The molecule has 9 heteroatoms. The molecule has 1 amide bonds. The highest BCUT2D eigenvalue weighted by atomic mass is 35.5. The lowest BCUT2D eigenvalue weighted by Crippen LogP contribution is -2.40. The molecule has 2 unspecified atom stereocenters. The van der Waals surface area contributed by atoms with Gasteiger partial charge in [-0.1, -0.05) is 6.42 Å². The molecule has 2 rings (SSSR count). The van der Waals surface area contributed by atoms with Crippen LogP contribution in [0.5, 0.6) is 0 Å². The maximum Gasteiger partial charge on any atom is 0.306 e. The number of amides is 1. The molecule has 0 saturated heterocycles. The predicted octanol–water partition coefficient (Wildman–Crippen LogP) is 0.847. The van der Waals surface area contributed by atoms with Crippen LogP contribution in [0.25, 0.3) is 0 Å². The van der Waals surface area contributed by atoms with Crippen LogP contribution in [-0.4, -0.2) is 33.2 Å². The van der Waals surface area contributed by atoms with E-state index in [9.17, 15) is 14.9 Å². The van der Waals surface area contributed by atoms with Gasteiger partial charge in [0.25, 0.3) is 0 Å². The summed E-state index contributed by atoms with van der Waals surface area (Å²) in [5, 5.41) is 17.3. The Morgan fingerprint density at radius 1 is 1.57 bits per heavy atom. The average molecular weight is 318 g/mol. The number of hydrogen-bond acceptors (Lipinski definition) is 5. The van der Waals surface area contributed by atoms with Crippen molar-refractivity contribution in [1.29, 1.82) is 0 Å². The lowest BCUT2D eigenvalue weighted by atomic mass is 10.0. The van der Waals surface area contributed by atoms with Gasteiger partial charge in [-0.3, -0.25) is 19.6 Å².